The zero-order valence-corrected chi connectivity index (χ0v) is 16.0. The van der Waals surface area contributed by atoms with Gasteiger partial charge in [0.05, 0.1) is 5.56 Å². The lowest BCUT2D eigenvalue weighted by atomic mass is 10.1. The Hall–Kier alpha value is -3.02. The van der Waals surface area contributed by atoms with E-state index < -0.39 is 11.6 Å². The summed E-state index contributed by atoms with van der Waals surface area (Å²) in [5.41, 5.74) is 1.92. The Bertz CT molecular complexity index is 954. The molecule has 1 amide bonds. The van der Waals surface area contributed by atoms with E-state index in [1.807, 2.05) is 18.2 Å². The summed E-state index contributed by atoms with van der Waals surface area (Å²) in [5.74, 6) is -1.63. The van der Waals surface area contributed by atoms with Gasteiger partial charge in [-0.25, -0.2) is 8.78 Å². The second kappa shape index (κ2) is 8.78. The van der Waals surface area contributed by atoms with Crippen LogP contribution in [-0.2, 0) is 13.5 Å². The van der Waals surface area contributed by atoms with Crippen LogP contribution in [0.3, 0.4) is 0 Å². The van der Waals surface area contributed by atoms with E-state index in [0.29, 0.717) is 12.1 Å². The molecule has 4 nitrogen and oxygen atoms in total. The molecule has 146 valence electrons. The third-order valence-corrected chi connectivity index (χ3v) is 4.64. The second-order valence-electron chi connectivity index (χ2n) is 6.86. The maximum Gasteiger partial charge on any atom is 0.257 e. The molecule has 0 unspecified atom stereocenters. The fourth-order valence-corrected chi connectivity index (χ4v) is 3.16. The molecule has 0 radical (unpaired) electrons. The number of nitrogens with zero attached hydrogens (tertiary/aromatic N) is 3. The molecule has 3 rings (SSSR count). The maximum atomic E-state index is 14.2. The zero-order chi connectivity index (χ0) is 20.1. The van der Waals surface area contributed by atoms with Crippen LogP contribution >= 0.6 is 0 Å². The lowest BCUT2D eigenvalue weighted by Gasteiger charge is -2.17. The monoisotopic (exact) mass is 383 g/mol. The van der Waals surface area contributed by atoms with Crippen LogP contribution in [0.1, 0.15) is 28.8 Å². The average Bonchev–Trinajstić information content (AvgIpc) is 3.06. The number of aryl methyl sites for hydroxylation is 2. The highest BCUT2D eigenvalue weighted by Gasteiger charge is 2.22. The van der Waals surface area contributed by atoms with Crippen LogP contribution in [0.25, 0.3) is 11.3 Å². The number of rotatable bonds is 7. The summed E-state index contributed by atoms with van der Waals surface area (Å²) in [7, 11) is 3.39. The Kier molecular flexibility index (Phi) is 6.19. The fourth-order valence-electron chi connectivity index (χ4n) is 3.16. The molecule has 1 heterocycles. The predicted octanol–water partition coefficient (Wildman–Crippen LogP) is 4.46. The first-order valence-corrected chi connectivity index (χ1v) is 9.24. The van der Waals surface area contributed by atoms with Crippen LogP contribution < -0.4 is 0 Å². The minimum absolute atomic E-state index is 0.114. The number of halogens is 2. The normalized spacial score (nSPS) is 10.9. The zero-order valence-electron chi connectivity index (χ0n) is 16.0. The molecule has 0 saturated carbocycles. The Morgan fingerprint density at radius 1 is 1.11 bits per heavy atom. The van der Waals surface area contributed by atoms with E-state index in [1.165, 1.54) is 16.3 Å². The van der Waals surface area contributed by atoms with E-state index in [4.69, 9.17) is 0 Å². The molecule has 3 aromatic rings. The van der Waals surface area contributed by atoms with Crippen molar-refractivity contribution in [3.8, 4) is 11.3 Å². The summed E-state index contributed by atoms with van der Waals surface area (Å²) in [6, 6.07) is 13.5. The largest absolute Gasteiger partial charge is 0.342 e. The van der Waals surface area contributed by atoms with E-state index in [-0.39, 0.29) is 17.2 Å². The van der Waals surface area contributed by atoms with Crippen LogP contribution in [0.15, 0.2) is 54.7 Å². The minimum Gasteiger partial charge on any atom is -0.342 e. The molecule has 0 saturated heterocycles. The summed E-state index contributed by atoms with van der Waals surface area (Å²) in [4.78, 5) is 14.5. The van der Waals surface area contributed by atoms with Crippen molar-refractivity contribution in [1.29, 1.82) is 0 Å². The van der Waals surface area contributed by atoms with Gasteiger partial charge >= 0.3 is 0 Å². The third-order valence-electron chi connectivity index (χ3n) is 4.64. The minimum atomic E-state index is -0.738. The van der Waals surface area contributed by atoms with Crippen molar-refractivity contribution in [2.45, 2.75) is 19.3 Å². The van der Waals surface area contributed by atoms with Gasteiger partial charge < -0.3 is 4.90 Å². The van der Waals surface area contributed by atoms with Crippen molar-refractivity contribution in [2.24, 2.45) is 7.05 Å². The van der Waals surface area contributed by atoms with Crippen molar-refractivity contribution < 1.29 is 13.6 Å². The van der Waals surface area contributed by atoms with Gasteiger partial charge in [0.2, 0.25) is 0 Å². The Balaban J connectivity index is 1.66. The molecule has 1 aromatic heterocycles. The molecule has 0 spiro atoms. The Morgan fingerprint density at radius 2 is 1.86 bits per heavy atom. The van der Waals surface area contributed by atoms with Gasteiger partial charge in [0.1, 0.15) is 17.3 Å². The van der Waals surface area contributed by atoms with Gasteiger partial charge in [0.15, 0.2) is 0 Å². The lowest BCUT2D eigenvalue weighted by molar-refractivity contribution is 0.0793. The van der Waals surface area contributed by atoms with Gasteiger partial charge in [-0.2, -0.15) is 5.10 Å². The molecule has 0 aliphatic carbocycles. The maximum absolute atomic E-state index is 14.2. The lowest BCUT2D eigenvalue weighted by Crippen LogP contribution is -2.28. The smallest absolute Gasteiger partial charge is 0.257 e. The number of hydrogen-bond donors (Lipinski definition) is 0. The highest BCUT2D eigenvalue weighted by atomic mass is 19.1. The van der Waals surface area contributed by atoms with Crippen molar-refractivity contribution in [1.82, 2.24) is 14.7 Å². The van der Waals surface area contributed by atoms with Gasteiger partial charge in [-0.3, -0.25) is 9.48 Å². The third kappa shape index (κ3) is 4.63. The molecular formula is C22H23F2N3O. The molecule has 28 heavy (non-hydrogen) atoms. The summed E-state index contributed by atoms with van der Waals surface area (Å²) in [6.45, 7) is 0.589. The molecule has 2 aromatic carbocycles. The summed E-state index contributed by atoms with van der Waals surface area (Å²) in [6.07, 6.45) is 4.36. The molecule has 0 atom stereocenters. The van der Waals surface area contributed by atoms with Crippen LogP contribution in [0.5, 0.6) is 0 Å². The second-order valence-corrected chi connectivity index (χ2v) is 6.86. The topological polar surface area (TPSA) is 38.1 Å². The van der Waals surface area contributed by atoms with Gasteiger partial charge in [0.25, 0.3) is 5.91 Å². The molecule has 0 fully saturated rings. The van der Waals surface area contributed by atoms with Crippen LogP contribution in [-0.4, -0.2) is 34.2 Å². The van der Waals surface area contributed by atoms with E-state index >= 15 is 0 Å². The van der Waals surface area contributed by atoms with Crippen LogP contribution in [0, 0.1) is 11.6 Å². The van der Waals surface area contributed by atoms with Crippen LogP contribution in [0.2, 0.25) is 0 Å². The van der Waals surface area contributed by atoms with E-state index in [2.05, 4.69) is 17.2 Å². The molecule has 0 aliphatic heterocycles. The van der Waals surface area contributed by atoms with Gasteiger partial charge in [-0.15, -0.1) is 0 Å². The average molecular weight is 383 g/mol. The summed E-state index contributed by atoms with van der Waals surface area (Å²) in [5, 5.41) is 4.22. The molecule has 0 bridgehead atoms. The molecule has 0 N–H and O–H groups in total. The molecule has 6 heteroatoms. The van der Waals surface area contributed by atoms with Crippen molar-refractivity contribution >= 4 is 5.91 Å². The Labute approximate surface area is 163 Å². The van der Waals surface area contributed by atoms with Gasteiger partial charge in [-0.1, -0.05) is 30.3 Å². The predicted molar refractivity (Wildman–Crippen MR) is 105 cm³/mol. The SMILES string of the molecule is CN(CCCCc1ccccc1)C(=O)c1cn(C)nc1-c1ccc(F)cc1F. The highest BCUT2D eigenvalue weighted by molar-refractivity contribution is 5.99. The molecular weight excluding hydrogens is 360 g/mol. The van der Waals surface area contributed by atoms with E-state index in [1.54, 1.807) is 25.2 Å². The summed E-state index contributed by atoms with van der Waals surface area (Å²) < 4.78 is 28.9. The number of amides is 1. The van der Waals surface area contributed by atoms with E-state index in [0.717, 1.165) is 31.4 Å². The first-order valence-electron chi connectivity index (χ1n) is 9.24. The molecule has 0 aliphatic rings. The fraction of sp³-hybridized carbons (Fsp3) is 0.273. The van der Waals surface area contributed by atoms with Crippen molar-refractivity contribution in [3.63, 3.8) is 0 Å². The number of unbranched alkanes of at least 4 members (excludes halogenated alkanes) is 1. The first kappa shape index (κ1) is 19.7. The number of aromatic nitrogens is 2. The standard InChI is InChI=1S/C22H23F2N3O/c1-26(13-7-6-10-16-8-4-3-5-9-16)22(28)19-15-27(2)25-21(19)18-12-11-17(23)14-20(18)24/h3-5,8-9,11-12,14-15H,6-7,10,13H2,1-2H3. The van der Waals surface area contributed by atoms with Crippen LogP contribution in [0.4, 0.5) is 8.78 Å². The Morgan fingerprint density at radius 3 is 2.57 bits per heavy atom. The van der Waals surface area contributed by atoms with Gasteiger partial charge in [-0.05, 0) is 37.0 Å². The first-order chi connectivity index (χ1) is 13.5. The summed E-state index contributed by atoms with van der Waals surface area (Å²) >= 11 is 0. The van der Waals surface area contributed by atoms with E-state index in [9.17, 15) is 13.6 Å². The number of carbonyl (C=O) groups excluding carboxylic acids is 1. The number of benzene rings is 2. The number of hydrogen-bond acceptors (Lipinski definition) is 2. The van der Waals surface area contributed by atoms with Gasteiger partial charge in [0, 0.05) is 38.5 Å². The van der Waals surface area contributed by atoms with Crippen molar-refractivity contribution in [2.75, 3.05) is 13.6 Å². The van der Waals surface area contributed by atoms with Crippen molar-refractivity contribution in [3.05, 3.63) is 77.5 Å². The highest BCUT2D eigenvalue weighted by Crippen LogP contribution is 2.26. The number of carbonyl (C=O) groups is 1. The quantitative estimate of drug-likeness (QED) is 0.565.